The van der Waals surface area contributed by atoms with E-state index in [9.17, 15) is 0 Å². The molecule has 0 radical (unpaired) electrons. The fourth-order valence-electron chi connectivity index (χ4n) is 2.99. The van der Waals surface area contributed by atoms with E-state index in [1.54, 1.807) is 24.2 Å². The Morgan fingerprint density at radius 2 is 1.92 bits per heavy atom. The van der Waals surface area contributed by atoms with E-state index < -0.39 is 0 Å². The van der Waals surface area contributed by atoms with Crippen LogP contribution >= 0.6 is 12.2 Å². The van der Waals surface area contributed by atoms with Crippen molar-refractivity contribution in [1.29, 1.82) is 0 Å². The van der Waals surface area contributed by atoms with Crippen LogP contribution in [0.25, 0.3) is 22.2 Å². The monoisotopic (exact) mass is 363 g/mol. The molecule has 0 saturated carbocycles. The van der Waals surface area contributed by atoms with Gasteiger partial charge in [-0.1, -0.05) is 30.3 Å². The summed E-state index contributed by atoms with van der Waals surface area (Å²) in [7, 11) is 1.68. The number of benzene rings is 2. The highest BCUT2D eigenvalue weighted by Crippen LogP contribution is 2.28. The number of aromatic nitrogens is 4. The molecule has 0 atom stereocenters. The molecule has 2 N–H and O–H groups in total. The summed E-state index contributed by atoms with van der Waals surface area (Å²) in [6.45, 7) is 0.538. The number of nitrogens with one attached hydrogen (secondary N) is 2. The van der Waals surface area contributed by atoms with Gasteiger partial charge in [0.15, 0.2) is 5.82 Å². The average molecular weight is 363 g/mol. The minimum Gasteiger partial charge on any atom is -0.496 e. The van der Waals surface area contributed by atoms with E-state index in [2.05, 4.69) is 38.8 Å². The van der Waals surface area contributed by atoms with Crippen LogP contribution in [0.2, 0.25) is 0 Å². The molecule has 7 heteroatoms. The lowest BCUT2D eigenvalue weighted by Crippen LogP contribution is -2.16. The molecule has 0 aliphatic carbocycles. The second-order valence-electron chi connectivity index (χ2n) is 5.73. The van der Waals surface area contributed by atoms with E-state index in [1.165, 1.54) is 0 Å². The third kappa shape index (κ3) is 2.93. The van der Waals surface area contributed by atoms with Crippen molar-refractivity contribution >= 4 is 23.0 Å². The van der Waals surface area contributed by atoms with Gasteiger partial charge in [0.2, 0.25) is 4.77 Å². The van der Waals surface area contributed by atoms with Crippen molar-refractivity contribution in [2.75, 3.05) is 12.5 Å². The van der Waals surface area contributed by atoms with Crippen molar-refractivity contribution in [3.63, 3.8) is 0 Å². The Hall–Kier alpha value is -3.19. The van der Waals surface area contributed by atoms with Gasteiger partial charge in [0.25, 0.3) is 0 Å². The molecule has 2 heterocycles. The summed E-state index contributed by atoms with van der Waals surface area (Å²) in [5.74, 6) is 1.54. The summed E-state index contributed by atoms with van der Waals surface area (Å²) in [5.41, 5.74) is 5.35. The van der Waals surface area contributed by atoms with Gasteiger partial charge in [-0.05, 0) is 41.2 Å². The third-order valence-electron chi connectivity index (χ3n) is 4.24. The number of fused-ring (bicyclic) bond motifs is 1. The predicted molar refractivity (Wildman–Crippen MR) is 104 cm³/mol. The molecule has 0 saturated heterocycles. The lowest BCUT2D eigenvalue weighted by atomic mass is 10.0. The molecule has 130 valence electrons. The molecule has 4 aromatic rings. The highest BCUT2D eigenvalue weighted by atomic mass is 32.1. The minimum absolute atomic E-state index is 0.496. The molecule has 2 aromatic heterocycles. The van der Waals surface area contributed by atoms with Gasteiger partial charge < -0.3 is 10.2 Å². The van der Waals surface area contributed by atoms with E-state index in [4.69, 9.17) is 17.0 Å². The Labute approximate surface area is 155 Å². The number of methoxy groups -OCH3 is 1. The van der Waals surface area contributed by atoms with Crippen molar-refractivity contribution < 1.29 is 4.74 Å². The third-order valence-corrected chi connectivity index (χ3v) is 4.52. The number of pyridine rings is 1. The normalized spacial score (nSPS) is 10.8. The molecule has 4 rings (SSSR count). The standard InChI is InChI=1S/C19H17N5OS/c1-25-17-7-6-13-4-2-3-5-15(13)16(17)12-21-24-18(22-23-19(24)26)14-8-10-20-11-9-14/h2-11,21H,12H2,1H3,(H,23,26). The van der Waals surface area contributed by atoms with Gasteiger partial charge in [0, 0.05) is 23.5 Å². The maximum Gasteiger partial charge on any atom is 0.214 e. The van der Waals surface area contributed by atoms with E-state index in [-0.39, 0.29) is 0 Å². The Kier molecular flexibility index (Phi) is 4.37. The lowest BCUT2D eigenvalue weighted by Gasteiger charge is -2.15. The van der Waals surface area contributed by atoms with E-state index in [1.807, 2.05) is 30.3 Å². The number of hydrogen-bond donors (Lipinski definition) is 2. The Morgan fingerprint density at radius 3 is 2.73 bits per heavy atom. The van der Waals surface area contributed by atoms with Crippen LogP contribution < -0.4 is 10.2 Å². The zero-order chi connectivity index (χ0) is 17.9. The first-order valence-corrected chi connectivity index (χ1v) is 8.55. The molecular formula is C19H17N5OS. The number of hydrogen-bond acceptors (Lipinski definition) is 5. The topological polar surface area (TPSA) is 67.8 Å². The summed E-state index contributed by atoms with van der Waals surface area (Å²) in [4.78, 5) is 4.05. The molecule has 0 spiro atoms. The zero-order valence-electron chi connectivity index (χ0n) is 14.1. The number of H-pyrrole nitrogens is 1. The molecule has 26 heavy (non-hydrogen) atoms. The van der Waals surface area contributed by atoms with E-state index in [0.717, 1.165) is 27.6 Å². The summed E-state index contributed by atoms with van der Waals surface area (Å²) < 4.78 is 7.83. The molecule has 0 amide bonds. The Bertz CT molecular complexity index is 1100. The van der Waals surface area contributed by atoms with Crippen LogP contribution in [0.3, 0.4) is 0 Å². The second-order valence-corrected chi connectivity index (χ2v) is 6.11. The van der Waals surface area contributed by atoms with E-state index >= 15 is 0 Å². The number of nitrogens with zero attached hydrogens (tertiary/aromatic N) is 3. The molecule has 0 bridgehead atoms. The maximum atomic E-state index is 5.56. The number of aromatic amines is 1. The van der Waals surface area contributed by atoms with Gasteiger partial charge in [-0.25, -0.2) is 9.77 Å². The van der Waals surface area contributed by atoms with Crippen LogP contribution in [0, 0.1) is 4.77 Å². The van der Waals surface area contributed by atoms with Crippen LogP contribution in [-0.2, 0) is 6.54 Å². The highest BCUT2D eigenvalue weighted by Gasteiger charge is 2.12. The van der Waals surface area contributed by atoms with Crippen molar-refractivity contribution in [3.05, 3.63) is 71.3 Å². The molecule has 2 aromatic carbocycles. The van der Waals surface area contributed by atoms with Crippen LogP contribution in [0.4, 0.5) is 0 Å². The maximum absolute atomic E-state index is 5.56. The average Bonchev–Trinajstić information content (AvgIpc) is 3.07. The van der Waals surface area contributed by atoms with Crippen LogP contribution in [0.1, 0.15) is 5.56 Å². The van der Waals surface area contributed by atoms with Crippen LogP contribution in [-0.4, -0.2) is 27.0 Å². The minimum atomic E-state index is 0.496. The molecule has 6 nitrogen and oxygen atoms in total. The second kappa shape index (κ2) is 6.97. The molecular weight excluding hydrogens is 346 g/mol. The summed E-state index contributed by atoms with van der Waals surface area (Å²) in [5, 5.41) is 9.47. The van der Waals surface area contributed by atoms with Crippen LogP contribution in [0.5, 0.6) is 5.75 Å². The summed E-state index contributed by atoms with van der Waals surface area (Å²) in [6.07, 6.45) is 3.45. The quantitative estimate of drug-likeness (QED) is 0.526. The van der Waals surface area contributed by atoms with Gasteiger partial charge in [-0.2, -0.15) is 5.10 Å². The summed E-state index contributed by atoms with van der Waals surface area (Å²) in [6, 6.07) is 16.1. The molecule has 0 aliphatic heterocycles. The van der Waals surface area contributed by atoms with Crippen molar-refractivity contribution in [2.45, 2.75) is 6.54 Å². The first-order valence-electron chi connectivity index (χ1n) is 8.14. The first-order chi connectivity index (χ1) is 12.8. The van der Waals surface area contributed by atoms with E-state index in [0.29, 0.717) is 17.1 Å². The smallest absolute Gasteiger partial charge is 0.214 e. The van der Waals surface area contributed by atoms with Gasteiger partial charge in [-0.15, -0.1) is 0 Å². The molecule has 0 unspecified atom stereocenters. The fourth-order valence-corrected chi connectivity index (χ4v) is 3.18. The lowest BCUT2D eigenvalue weighted by molar-refractivity contribution is 0.410. The fraction of sp³-hybridized carbons (Fsp3) is 0.105. The van der Waals surface area contributed by atoms with Gasteiger partial charge in [0.1, 0.15) is 5.75 Å². The number of rotatable bonds is 5. The molecule has 0 fully saturated rings. The van der Waals surface area contributed by atoms with Crippen molar-refractivity contribution in [3.8, 4) is 17.1 Å². The zero-order valence-corrected chi connectivity index (χ0v) is 15.0. The predicted octanol–water partition coefficient (Wildman–Crippen LogP) is 3.91. The highest BCUT2D eigenvalue weighted by molar-refractivity contribution is 7.71. The van der Waals surface area contributed by atoms with Crippen molar-refractivity contribution in [1.82, 2.24) is 19.9 Å². The Morgan fingerprint density at radius 1 is 1.12 bits per heavy atom. The molecule has 0 aliphatic rings. The van der Waals surface area contributed by atoms with Crippen molar-refractivity contribution in [2.24, 2.45) is 0 Å². The Balaban J connectivity index is 1.72. The summed E-state index contributed by atoms with van der Waals surface area (Å²) >= 11 is 5.38. The van der Waals surface area contributed by atoms with Gasteiger partial charge >= 0.3 is 0 Å². The van der Waals surface area contributed by atoms with Crippen LogP contribution in [0.15, 0.2) is 60.9 Å². The largest absolute Gasteiger partial charge is 0.496 e. The first kappa shape index (κ1) is 16.3. The number of ether oxygens (including phenoxy) is 1. The van der Waals surface area contributed by atoms with Gasteiger partial charge in [0.05, 0.1) is 13.7 Å². The SMILES string of the molecule is COc1ccc2ccccc2c1CNn1c(-c2ccncc2)n[nH]c1=S. The van der Waals surface area contributed by atoms with Gasteiger partial charge in [-0.3, -0.25) is 4.98 Å².